The minimum atomic E-state index is -0.134. The maximum atomic E-state index is 12.5. The number of nitrogens with zero attached hydrogens (tertiary/aromatic N) is 1. The summed E-state index contributed by atoms with van der Waals surface area (Å²) in [7, 11) is 0. The first kappa shape index (κ1) is 15.8. The molecule has 2 rings (SSSR count). The predicted molar refractivity (Wildman–Crippen MR) is 84.7 cm³/mol. The Hall–Kier alpha value is -1.55. The van der Waals surface area contributed by atoms with Crippen LogP contribution in [0.25, 0.3) is 0 Å². The van der Waals surface area contributed by atoms with Crippen LogP contribution in [0.1, 0.15) is 39.0 Å². The zero-order valence-corrected chi connectivity index (χ0v) is 13.0. The van der Waals surface area contributed by atoms with Gasteiger partial charge < -0.3 is 10.2 Å². The van der Waals surface area contributed by atoms with Crippen molar-refractivity contribution in [2.24, 2.45) is 0 Å². The molecule has 1 atom stereocenters. The van der Waals surface area contributed by atoms with Gasteiger partial charge in [-0.2, -0.15) is 0 Å². The molecule has 0 saturated carbocycles. The van der Waals surface area contributed by atoms with Crippen LogP contribution in [0.2, 0.25) is 5.02 Å². The van der Waals surface area contributed by atoms with Crippen molar-refractivity contribution in [3.05, 3.63) is 29.3 Å². The smallest absolute Gasteiger partial charge is 0.321 e. The van der Waals surface area contributed by atoms with Gasteiger partial charge in [-0.25, -0.2) is 4.79 Å². The van der Waals surface area contributed by atoms with Crippen LogP contribution in [0.4, 0.5) is 10.5 Å². The Bertz CT molecular complexity index is 502. The Labute approximate surface area is 130 Å². The van der Waals surface area contributed by atoms with E-state index >= 15 is 0 Å². The Balaban J connectivity index is 2.06. The zero-order chi connectivity index (χ0) is 15.2. The first-order chi connectivity index (χ1) is 10.1. The molecule has 1 saturated heterocycles. The molecule has 0 spiro atoms. The Morgan fingerprint density at radius 2 is 1.95 bits per heavy atom. The van der Waals surface area contributed by atoms with Crippen molar-refractivity contribution in [1.29, 1.82) is 0 Å². The third kappa shape index (κ3) is 4.74. The highest BCUT2D eigenvalue weighted by atomic mass is 35.5. The Morgan fingerprint density at radius 1 is 1.24 bits per heavy atom. The number of likely N-dealkylation sites (tertiary alicyclic amines) is 1. The summed E-state index contributed by atoms with van der Waals surface area (Å²) in [5.74, 6) is 0.131. The van der Waals surface area contributed by atoms with Crippen LogP contribution in [-0.4, -0.2) is 29.3 Å². The SMILES string of the molecule is CC(=O)CC1CCCCCN1C(=O)Nc1ccc(Cl)cc1. The van der Waals surface area contributed by atoms with Crippen molar-refractivity contribution in [2.75, 3.05) is 11.9 Å². The molecule has 0 aromatic heterocycles. The van der Waals surface area contributed by atoms with Crippen molar-refractivity contribution in [2.45, 2.75) is 45.1 Å². The number of nitrogens with one attached hydrogen (secondary N) is 1. The average Bonchev–Trinajstić information content (AvgIpc) is 2.66. The molecule has 21 heavy (non-hydrogen) atoms. The number of rotatable bonds is 3. The second kappa shape index (κ2) is 7.46. The molecule has 0 bridgehead atoms. The van der Waals surface area contributed by atoms with Crippen LogP contribution < -0.4 is 5.32 Å². The van der Waals surface area contributed by atoms with E-state index in [0.717, 1.165) is 31.4 Å². The number of halogens is 1. The van der Waals surface area contributed by atoms with Gasteiger partial charge >= 0.3 is 6.03 Å². The number of ketones is 1. The molecule has 0 radical (unpaired) electrons. The number of hydrogen-bond donors (Lipinski definition) is 1. The van der Waals surface area contributed by atoms with Crippen LogP contribution in [-0.2, 0) is 4.79 Å². The Morgan fingerprint density at radius 3 is 2.62 bits per heavy atom. The fourth-order valence-corrected chi connectivity index (χ4v) is 2.84. The minimum Gasteiger partial charge on any atom is -0.321 e. The van der Waals surface area contributed by atoms with Gasteiger partial charge in [0.05, 0.1) is 0 Å². The lowest BCUT2D eigenvalue weighted by atomic mass is 10.0. The molecule has 1 unspecified atom stereocenters. The highest BCUT2D eigenvalue weighted by molar-refractivity contribution is 6.30. The summed E-state index contributed by atoms with van der Waals surface area (Å²) in [6.45, 7) is 2.29. The predicted octanol–water partition coefficient (Wildman–Crippen LogP) is 4.10. The van der Waals surface area contributed by atoms with E-state index in [0.29, 0.717) is 18.0 Å². The van der Waals surface area contributed by atoms with Crippen LogP contribution in [0.3, 0.4) is 0 Å². The number of anilines is 1. The molecule has 0 aliphatic carbocycles. The number of carbonyl (C=O) groups excluding carboxylic acids is 2. The third-order valence-electron chi connectivity index (χ3n) is 3.76. The number of Topliss-reactive ketones (excluding diaryl/α,β-unsaturated/α-hetero) is 1. The molecule has 5 heteroatoms. The standard InChI is InChI=1S/C16H21ClN2O2/c1-12(20)11-15-5-3-2-4-10-19(15)16(21)18-14-8-6-13(17)7-9-14/h6-9,15H,2-5,10-11H2,1H3,(H,18,21). The minimum absolute atomic E-state index is 0.0114. The van der Waals surface area contributed by atoms with Crippen LogP contribution in [0.15, 0.2) is 24.3 Å². The number of urea groups is 1. The number of carbonyl (C=O) groups is 2. The van der Waals surface area contributed by atoms with Gasteiger partial charge in [-0.1, -0.05) is 24.4 Å². The van der Waals surface area contributed by atoms with Crippen LogP contribution in [0, 0.1) is 0 Å². The molecule has 2 amide bonds. The topological polar surface area (TPSA) is 49.4 Å². The third-order valence-corrected chi connectivity index (χ3v) is 4.01. The lowest BCUT2D eigenvalue weighted by Crippen LogP contribution is -2.43. The first-order valence-corrected chi connectivity index (χ1v) is 7.76. The summed E-state index contributed by atoms with van der Waals surface area (Å²) in [5.41, 5.74) is 0.718. The van der Waals surface area contributed by atoms with Crippen molar-refractivity contribution < 1.29 is 9.59 Å². The van der Waals surface area contributed by atoms with Crippen molar-refractivity contribution in [3.63, 3.8) is 0 Å². The molecule has 4 nitrogen and oxygen atoms in total. The quantitative estimate of drug-likeness (QED) is 0.914. The molecule has 1 aliphatic rings. The van der Waals surface area contributed by atoms with E-state index < -0.39 is 0 Å². The number of amides is 2. The second-order valence-electron chi connectivity index (χ2n) is 5.54. The van der Waals surface area contributed by atoms with E-state index in [2.05, 4.69) is 5.32 Å². The summed E-state index contributed by atoms with van der Waals surface area (Å²) in [4.78, 5) is 25.7. The van der Waals surface area contributed by atoms with Gasteiger partial charge in [0.15, 0.2) is 0 Å². The van der Waals surface area contributed by atoms with E-state index in [1.807, 2.05) is 4.90 Å². The summed E-state index contributed by atoms with van der Waals surface area (Å²) in [6, 6.07) is 6.91. The molecule has 1 N–H and O–H groups in total. The van der Waals surface area contributed by atoms with E-state index in [1.165, 1.54) is 0 Å². The largest absolute Gasteiger partial charge is 0.322 e. The monoisotopic (exact) mass is 308 g/mol. The van der Waals surface area contributed by atoms with Crippen LogP contribution >= 0.6 is 11.6 Å². The van der Waals surface area contributed by atoms with Crippen molar-refractivity contribution in [1.82, 2.24) is 4.90 Å². The van der Waals surface area contributed by atoms with E-state index in [-0.39, 0.29) is 17.9 Å². The molecule has 1 aromatic carbocycles. The summed E-state index contributed by atoms with van der Waals surface area (Å²) in [6.07, 6.45) is 4.51. The van der Waals surface area contributed by atoms with Gasteiger partial charge in [-0.3, -0.25) is 4.79 Å². The molecule has 1 aliphatic heterocycles. The molecule has 114 valence electrons. The summed E-state index contributed by atoms with van der Waals surface area (Å²) < 4.78 is 0. The maximum absolute atomic E-state index is 12.5. The highest BCUT2D eigenvalue weighted by Crippen LogP contribution is 2.21. The van der Waals surface area contributed by atoms with Gasteiger partial charge in [0.2, 0.25) is 0 Å². The van der Waals surface area contributed by atoms with Crippen molar-refractivity contribution >= 4 is 29.1 Å². The van der Waals surface area contributed by atoms with Crippen LogP contribution in [0.5, 0.6) is 0 Å². The van der Waals surface area contributed by atoms with Gasteiger partial charge in [0.25, 0.3) is 0 Å². The second-order valence-corrected chi connectivity index (χ2v) is 5.98. The molecule has 1 fully saturated rings. The molecule has 1 aromatic rings. The van der Waals surface area contributed by atoms with Gasteiger partial charge in [-0.05, 0) is 44.0 Å². The first-order valence-electron chi connectivity index (χ1n) is 7.39. The average molecular weight is 309 g/mol. The fourth-order valence-electron chi connectivity index (χ4n) is 2.72. The maximum Gasteiger partial charge on any atom is 0.322 e. The molecule has 1 heterocycles. The zero-order valence-electron chi connectivity index (χ0n) is 12.3. The normalized spacial score (nSPS) is 19.0. The summed E-state index contributed by atoms with van der Waals surface area (Å²) in [5, 5.41) is 3.52. The van der Waals surface area contributed by atoms with Gasteiger partial charge in [0, 0.05) is 29.7 Å². The fraction of sp³-hybridized carbons (Fsp3) is 0.500. The van der Waals surface area contributed by atoms with Gasteiger partial charge in [-0.15, -0.1) is 0 Å². The Kier molecular flexibility index (Phi) is 5.62. The lowest BCUT2D eigenvalue weighted by molar-refractivity contribution is -0.117. The van der Waals surface area contributed by atoms with Gasteiger partial charge in [0.1, 0.15) is 5.78 Å². The highest BCUT2D eigenvalue weighted by Gasteiger charge is 2.26. The molecular weight excluding hydrogens is 288 g/mol. The van der Waals surface area contributed by atoms with E-state index in [9.17, 15) is 9.59 Å². The molecular formula is C16H21ClN2O2. The lowest BCUT2D eigenvalue weighted by Gasteiger charge is -2.29. The van der Waals surface area contributed by atoms with E-state index in [4.69, 9.17) is 11.6 Å². The van der Waals surface area contributed by atoms with E-state index in [1.54, 1.807) is 31.2 Å². The number of benzene rings is 1. The van der Waals surface area contributed by atoms with Crippen molar-refractivity contribution in [3.8, 4) is 0 Å². The summed E-state index contributed by atoms with van der Waals surface area (Å²) >= 11 is 5.84. The number of hydrogen-bond acceptors (Lipinski definition) is 2.